The molecule has 0 spiro atoms. The van der Waals surface area contributed by atoms with Crippen molar-refractivity contribution in [1.82, 2.24) is 4.90 Å². The fraction of sp³-hybridized carbons (Fsp3) is 0.500. The molecule has 3 nitrogen and oxygen atoms in total. The second-order valence-corrected chi connectivity index (χ2v) is 6.71. The van der Waals surface area contributed by atoms with Crippen molar-refractivity contribution in [3.8, 4) is 0 Å². The molecule has 21 heavy (non-hydrogen) atoms. The maximum atomic E-state index is 12.5. The number of rotatable bonds is 3. The Hall–Kier alpha value is -1.77. The van der Waals surface area contributed by atoms with Crippen molar-refractivity contribution in [2.24, 2.45) is 0 Å². The van der Waals surface area contributed by atoms with E-state index in [0.717, 1.165) is 18.4 Å². The van der Waals surface area contributed by atoms with Crippen LogP contribution in [0.4, 0.5) is 4.79 Å². The van der Waals surface area contributed by atoms with Crippen molar-refractivity contribution in [3.63, 3.8) is 0 Å². The molecule has 0 saturated heterocycles. The molecule has 114 valence electrons. The Balaban J connectivity index is 2.16. The van der Waals surface area contributed by atoms with Gasteiger partial charge < -0.3 is 4.74 Å². The second-order valence-electron chi connectivity index (χ2n) is 6.71. The zero-order chi connectivity index (χ0) is 15.5. The summed E-state index contributed by atoms with van der Waals surface area (Å²) in [5.74, 6) is 0. The Morgan fingerprint density at radius 2 is 1.95 bits per heavy atom. The smallest absolute Gasteiger partial charge is 0.411 e. The predicted octanol–water partition coefficient (Wildman–Crippen LogP) is 4.53. The predicted molar refractivity (Wildman–Crippen MR) is 85.0 cm³/mol. The first-order valence-corrected chi connectivity index (χ1v) is 7.56. The van der Waals surface area contributed by atoms with E-state index in [-0.39, 0.29) is 12.1 Å². The van der Waals surface area contributed by atoms with Gasteiger partial charge in [0, 0.05) is 6.54 Å². The van der Waals surface area contributed by atoms with Crippen LogP contribution in [0, 0.1) is 0 Å². The van der Waals surface area contributed by atoms with E-state index in [4.69, 9.17) is 4.74 Å². The number of hydrogen-bond acceptors (Lipinski definition) is 2. The molecule has 1 aliphatic carbocycles. The third-order valence-electron chi connectivity index (χ3n) is 3.54. The van der Waals surface area contributed by atoms with Gasteiger partial charge in [0.15, 0.2) is 0 Å². The van der Waals surface area contributed by atoms with Gasteiger partial charge in [-0.2, -0.15) is 0 Å². The molecule has 1 atom stereocenters. The lowest BCUT2D eigenvalue weighted by Gasteiger charge is -2.31. The first-order valence-electron chi connectivity index (χ1n) is 7.56. The third kappa shape index (κ3) is 4.62. The normalized spacial score (nSPS) is 18.3. The third-order valence-corrected chi connectivity index (χ3v) is 3.54. The van der Waals surface area contributed by atoms with Crippen LogP contribution in [0.3, 0.4) is 0 Å². The molecule has 1 aromatic rings. The van der Waals surface area contributed by atoms with Crippen LogP contribution in [0.25, 0.3) is 0 Å². The maximum absolute atomic E-state index is 12.5. The average Bonchev–Trinajstić information content (AvgIpc) is 2.81. The van der Waals surface area contributed by atoms with Gasteiger partial charge in [0.1, 0.15) is 5.60 Å². The lowest BCUT2D eigenvalue weighted by molar-refractivity contribution is 0.0180. The summed E-state index contributed by atoms with van der Waals surface area (Å²) in [4.78, 5) is 14.4. The van der Waals surface area contributed by atoms with Gasteiger partial charge in [0.05, 0.1) is 6.04 Å². The zero-order valence-corrected chi connectivity index (χ0v) is 13.4. The van der Waals surface area contributed by atoms with Crippen LogP contribution in [0.5, 0.6) is 0 Å². The molecule has 0 radical (unpaired) electrons. The Morgan fingerprint density at radius 1 is 1.29 bits per heavy atom. The van der Waals surface area contributed by atoms with E-state index >= 15 is 0 Å². The maximum Gasteiger partial charge on any atom is 0.411 e. The Kier molecular flexibility index (Phi) is 4.71. The highest BCUT2D eigenvalue weighted by molar-refractivity contribution is 5.69. The SMILES string of the molecule is CC1=C[C@H](N(Cc2ccccc2)C(=O)OC(C)(C)C)CC1. The molecule has 3 heteroatoms. The summed E-state index contributed by atoms with van der Waals surface area (Å²) in [6.45, 7) is 8.42. The van der Waals surface area contributed by atoms with E-state index in [0.29, 0.717) is 6.54 Å². The topological polar surface area (TPSA) is 29.5 Å². The molecule has 1 aromatic carbocycles. The lowest BCUT2D eigenvalue weighted by atomic mass is 10.1. The molecule has 1 amide bonds. The van der Waals surface area contributed by atoms with Crippen LogP contribution in [-0.4, -0.2) is 22.6 Å². The summed E-state index contributed by atoms with van der Waals surface area (Å²) in [5, 5.41) is 0. The average molecular weight is 287 g/mol. The fourth-order valence-corrected chi connectivity index (χ4v) is 2.53. The minimum absolute atomic E-state index is 0.139. The summed E-state index contributed by atoms with van der Waals surface area (Å²) in [5.41, 5.74) is 2.01. The van der Waals surface area contributed by atoms with Gasteiger partial charge in [-0.15, -0.1) is 0 Å². The van der Waals surface area contributed by atoms with E-state index in [1.54, 1.807) is 0 Å². The van der Waals surface area contributed by atoms with Crippen LogP contribution in [0.15, 0.2) is 42.0 Å². The quantitative estimate of drug-likeness (QED) is 0.764. The number of carbonyl (C=O) groups is 1. The van der Waals surface area contributed by atoms with Gasteiger partial charge >= 0.3 is 6.09 Å². The first kappa shape index (κ1) is 15.6. The molecule has 2 rings (SSSR count). The minimum atomic E-state index is -0.469. The number of nitrogens with zero attached hydrogens (tertiary/aromatic N) is 1. The molecule has 1 aliphatic rings. The Labute approximate surface area is 127 Å². The Morgan fingerprint density at radius 3 is 2.48 bits per heavy atom. The molecule has 0 saturated carbocycles. The van der Waals surface area contributed by atoms with Crippen LogP contribution < -0.4 is 0 Å². The summed E-state index contributed by atoms with van der Waals surface area (Å²) in [6.07, 6.45) is 3.99. The number of allylic oxidation sites excluding steroid dienone is 1. The van der Waals surface area contributed by atoms with Gasteiger partial charge in [0.2, 0.25) is 0 Å². The van der Waals surface area contributed by atoms with Gasteiger partial charge in [-0.05, 0) is 46.1 Å². The van der Waals surface area contributed by atoms with E-state index in [1.165, 1.54) is 5.57 Å². The van der Waals surface area contributed by atoms with Crippen LogP contribution in [0.1, 0.15) is 46.1 Å². The minimum Gasteiger partial charge on any atom is -0.444 e. The molecule has 0 N–H and O–H groups in total. The standard InChI is InChI=1S/C18H25NO2/c1-14-10-11-16(12-14)19(17(20)21-18(2,3)4)13-15-8-6-5-7-9-15/h5-9,12,16H,10-11,13H2,1-4H3/t16-/m1/s1. The molecule has 0 heterocycles. The highest BCUT2D eigenvalue weighted by Crippen LogP contribution is 2.25. The summed E-state index contributed by atoms with van der Waals surface area (Å²) in [6, 6.07) is 10.2. The molecule has 0 unspecified atom stereocenters. The van der Waals surface area contributed by atoms with Gasteiger partial charge in [0.25, 0.3) is 0 Å². The summed E-state index contributed by atoms with van der Waals surface area (Å²) < 4.78 is 5.58. The number of ether oxygens (including phenoxy) is 1. The van der Waals surface area contributed by atoms with Gasteiger partial charge in [-0.25, -0.2) is 4.79 Å². The van der Waals surface area contributed by atoms with Crippen molar-refractivity contribution in [3.05, 3.63) is 47.5 Å². The monoisotopic (exact) mass is 287 g/mol. The highest BCUT2D eigenvalue weighted by Gasteiger charge is 2.29. The molecular weight excluding hydrogens is 262 g/mol. The summed E-state index contributed by atoms with van der Waals surface area (Å²) in [7, 11) is 0. The van der Waals surface area contributed by atoms with Crippen molar-refractivity contribution in [2.75, 3.05) is 0 Å². The first-order chi connectivity index (χ1) is 9.85. The van der Waals surface area contributed by atoms with Crippen LogP contribution in [0.2, 0.25) is 0 Å². The van der Waals surface area contributed by atoms with Crippen molar-refractivity contribution in [2.45, 2.75) is 58.7 Å². The fourth-order valence-electron chi connectivity index (χ4n) is 2.53. The van der Waals surface area contributed by atoms with Gasteiger partial charge in [-0.1, -0.05) is 42.0 Å². The van der Waals surface area contributed by atoms with Crippen molar-refractivity contribution in [1.29, 1.82) is 0 Å². The van der Waals surface area contributed by atoms with Crippen LogP contribution >= 0.6 is 0 Å². The van der Waals surface area contributed by atoms with E-state index in [9.17, 15) is 4.79 Å². The van der Waals surface area contributed by atoms with Gasteiger partial charge in [-0.3, -0.25) is 4.90 Å². The van der Waals surface area contributed by atoms with E-state index < -0.39 is 5.60 Å². The highest BCUT2D eigenvalue weighted by atomic mass is 16.6. The number of carbonyl (C=O) groups excluding carboxylic acids is 1. The van der Waals surface area contributed by atoms with Crippen LogP contribution in [-0.2, 0) is 11.3 Å². The molecule has 0 aliphatic heterocycles. The molecule has 0 bridgehead atoms. The van der Waals surface area contributed by atoms with Crippen molar-refractivity contribution < 1.29 is 9.53 Å². The van der Waals surface area contributed by atoms with E-state index in [2.05, 4.69) is 13.0 Å². The molecular formula is C18H25NO2. The molecule has 0 aromatic heterocycles. The number of benzene rings is 1. The second kappa shape index (κ2) is 6.33. The van der Waals surface area contributed by atoms with E-state index in [1.807, 2.05) is 56.0 Å². The summed E-state index contributed by atoms with van der Waals surface area (Å²) >= 11 is 0. The lowest BCUT2D eigenvalue weighted by Crippen LogP contribution is -2.41. The Bertz CT molecular complexity index is 514. The van der Waals surface area contributed by atoms with Crippen molar-refractivity contribution >= 4 is 6.09 Å². The molecule has 0 fully saturated rings. The number of amides is 1. The zero-order valence-electron chi connectivity index (χ0n) is 13.4. The largest absolute Gasteiger partial charge is 0.444 e. The number of hydrogen-bond donors (Lipinski definition) is 0.